The van der Waals surface area contributed by atoms with Crippen LogP contribution in [-0.2, 0) is 10.5 Å². The van der Waals surface area contributed by atoms with Crippen molar-refractivity contribution in [3.05, 3.63) is 72.1 Å². The minimum atomic E-state index is -0.498. The fourth-order valence-electron chi connectivity index (χ4n) is 2.44. The number of carbonyl (C=O) groups excluding carboxylic acids is 1. The second kappa shape index (κ2) is 9.78. The summed E-state index contributed by atoms with van der Waals surface area (Å²) in [5, 5.41) is 6.85. The molecule has 0 fully saturated rings. The van der Waals surface area contributed by atoms with E-state index in [2.05, 4.69) is 27.6 Å². The predicted molar refractivity (Wildman–Crippen MR) is 105 cm³/mol. The minimum Gasteiger partial charge on any atom is -0.450 e. The average Bonchev–Trinajstić information content (AvgIpc) is 3.19. The molecule has 0 aliphatic carbocycles. The molecule has 0 saturated heterocycles. The first-order chi connectivity index (χ1) is 13.3. The predicted octanol–water partition coefficient (Wildman–Crippen LogP) is 4.46. The number of benzene rings is 2. The Morgan fingerprint density at radius 2 is 1.85 bits per heavy atom. The van der Waals surface area contributed by atoms with E-state index in [-0.39, 0.29) is 0 Å². The Kier molecular flexibility index (Phi) is 6.87. The molecule has 3 rings (SSSR count). The molecule has 0 spiro atoms. The van der Waals surface area contributed by atoms with Crippen molar-refractivity contribution in [1.29, 1.82) is 0 Å². The Morgan fingerprint density at radius 1 is 1.15 bits per heavy atom. The van der Waals surface area contributed by atoms with Crippen molar-refractivity contribution in [3.63, 3.8) is 0 Å². The fourth-order valence-corrected chi connectivity index (χ4v) is 3.45. The molecule has 3 aromatic rings. The third-order valence-corrected chi connectivity index (χ3v) is 4.84. The Labute approximate surface area is 162 Å². The number of alkyl carbamates (subject to hydrolysis) is 1. The lowest BCUT2D eigenvalue weighted by Gasteiger charge is -2.14. The Hall–Kier alpha value is -2.80. The van der Waals surface area contributed by atoms with Gasteiger partial charge < -0.3 is 14.6 Å². The van der Waals surface area contributed by atoms with E-state index in [4.69, 9.17) is 9.26 Å². The van der Waals surface area contributed by atoms with Gasteiger partial charge in [-0.15, -0.1) is 0 Å². The third kappa shape index (κ3) is 5.59. The van der Waals surface area contributed by atoms with Crippen molar-refractivity contribution in [2.45, 2.75) is 18.7 Å². The molecule has 2 aromatic carbocycles. The minimum absolute atomic E-state index is 0.300. The lowest BCUT2D eigenvalue weighted by molar-refractivity contribution is 0.147. The van der Waals surface area contributed by atoms with Crippen molar-refractivity contribution in [2.24, 2.45) is 0 Å². The molecule has 7 heteroatoms. The van der Waals surface area contributed by atoms with Gasteiger partial charge in [0.25, 0.3) is 5.89 Å². The second-order valence-electron chi connectivity index (χ2n) is 5.74. The van der Waals surface area contributed by atoms with Crippen LogP contribution in [0.2, 0.25) is 0 Å². The summed E-state index contributed by atoms with van der Waals surface area (Å²) in [6.07, 6.45) is -0.498. The van der Waals surface area contributed by atoms with Gasteiger partial charge in [-0.3, -0.25) is 0 Å². The number of carbonyl (C=O) groups is 1. The second-order valence-corrected chi connectivity index (χ2v) is 6.77. The van der Waals surface area contributed by atoms with E-state index in [1.807, 2.05) is 48.5 Å². The van der Waals surface area contributed by atoms with Crippen LogP contribution in [0, 0.1) is 0 Å². The molecular formula is C20H21N3O3S. The normalized spacial score (nSPS) is 11.7. The molecule has 0 aliphatic rings. The molecule has 1 N–H and O–H groups in total. The molecule has 0 bridgehead atoms. The molecule has 0 saturated carbocycles. The molecule has 1 atom stereocenters. The zero-order chi connectivity index (χ0) is 18.9. The van der Waals surface area contributed by atoms with Gasteiger partial charge in [-0.25, -0.2) is 4.79 Å². The van der Waals surface area contributed by atoms with Crippen LogP contribution in [0.1, 0.15) is 24.4 Å². The number of ether oxygens (including phenoxy) is 1. The van der Waals surface area contributed by atoms with Crippen LogP contribution in [0.4, 0.5) is 4.79 Å². The molecule has 140 valence electrons. The van der Waals surface area contributed by atoms with Gasteiger partial charge in [0.1, 0.15) is 6.04 Å². The van der Waals surface area contributed by atoms with Crippen molar-refractivity contribution >= 4 is 17.9 Å². The molecule has 27 heavy (non-hydrogen) atoms. The SMILES string of the molecule is CCOC(=O)N[C@@H](CSCc1ccccc1)c1nc(-c2ccccc2)no1. The lowest BCUT2D eigenvalue weighted by Crippen LogP contribution is -2.31. The summed E-state index contributed by atoms with van der Waals surface area (Å²) in [4.78, 5) is 16.4. The third-order valence-electron chi connectivity index (χ3n) is 3.74. The summed E-state index contributed by atoms with van der Waals surface area (Å²) in [6, 6.07) is 19.3. The van der Waals surface area contributed by atoms with E-state index in [1.165, 1.54) is 5.56 Å². The molecule has 1 heterocycles. The smallest absolute Gasteiger partial charge is 0.407 e. The van der Waals surface area contributed by atoms with Crippen molar-refractivity contribution < 1.29 is 14.1 Å². The first kappa shape index (κ1) is 19.0. The van der Waals surface area contributed by atoms with Crippen LogP contribution in [0.5, 0.6) is 0 Å². The van der Waals surface area contributed by atoms with Crippen LogP contribution in [0.25, 0.3) is 11.4 Å². The highest BCUT2D eigenvalue weighted by Crippen LogP contribution is 2.23. The van der Waals surface area contributed by atoms with Crippen LogP contribution < -0.4 is 5.32 Å². The van der Waals surface area contributed by atoms with Crippen molar-refractivity contribution in [2.75, 3.05) is 12.4 Å². The maximum Gasteiger partial charge on any atom is 0.407 e. The van der Waals surface area contributed by atoms with E-state index < -0.39 is 12.1 Å². The summed E-state index contributed by atoms with van der Waals surface area (Å²) < 4.78 is 10.4. The van der Waals surface area contributed by atoms with Crippen LogP contribution >= 0.6 is 11.8 Å². The topological polar surface area (TPSA) is 77.2 Å². The molecule has 6 nitrogen and oxygen atoms in total. The number of thioether (sulfide) groups is 1. The zero-order valence-corrected chi connectivity index (χ0v) is 15.8. The number of hydrogen-bond donors (Lipinski definition) is 1. The van der Waals surface area contributed by atoms with E-state index in [0.29, 0.717) is 24.1 Å². The van der Waals surface area contributed by atoms with Gasteiger partial charge >= 0.3 is 6.09 Å². The Morgan fingerprint density at radius 3 is 2.56 bits per heavy atom. The average molecular weight is 383 g/mol. The van der Waals surface area contributed by atoms with Crippen LogP contribution in [-0.4, -0.2) is 28.6 Å². The summed E-state index contributed by atoms with van der Waals surface area (Å²) in [5.74, 6) is 2.27. The summed E-state index contributed by atoms with van der Waals surface area (Å²) >= 11 is 1.68. The Balaban J connectivity index is 1.69. The molecular weight excluding hydrogens is 362 g/mol. The quantitative estimate of drug-likeness (QED) is 0.619. The lowest BCUT2D eigenvalue weighted by atomic mass is 10.2. The number of nitrogens with one attached hydrogen (secondary N) is 1. The largest absolute Gasteiger partial charge is 0.450 e. The van der Waals surface area contributed by atoms with Crippen molar-refractivity contribution in [1.82, 2.24) is 15.5 Å². The van der Waals surface area contributed by atoms with Gasteiger partial charge in [0, 0.05) is 17.1 Å². The monoisotopic (exact) mass is 383 g/mol. The van der Waals surface area contributed by atoms with Gasteiger partial charge in [-0.05, 0) is 12.5 Å². The van der Waals surface area contributed by atoms with Gasteiger partial charge in [0.15, 0.2) is 0 Å². The summed E-state index contributed by atoms with van der Waals surface area (Å²) in [6.45, 7) is 2.06. The first-order valence-corrected chi connectivity index (χ1v) is 9.85. The maximum atomic E-state index is 11.9. The summed E-state index contributed by atoms with van der Waals surface area (Å²) in [5.41, 5.74) is 2.08. The number of rotatable bonds is 8. The molecule has 0 aliphatic heterocycles. The molecule has 1 aromatic heterocycles. The number of aromatic nitrogens is 2. The highest BCUT2D eigenvalue weighted by molar-refractivity contribution is 7.98. The number of nitrogens with zero attached hydrogens (tertiary/aromatic N) is 2. The molecule has 1 amide bonds. The number of amides is 1. The van der Waals surface area contributed by atoms with Crippen LogP contribution in [0.15, 0.2) is 65.2 Å². The first-order valence-electron chi connectivity index (χ1n) is 8.70. The fraction of sp³-hybridized carbons (Fsp3) is 0.250. The standard InChI is InChI=1S/C20H21N3O3S/c1-2-25-20(24)21-17(14-27-13-15-9-5-3-6-10-15)19-22-18(23-26-19)16-11-7-4-8-12-16/h3-12,17H,2,13-14H2,1H3,(H,21,24)/t17-/m0/s1. The Bertz CT molecular complexity index is 840. The van der Waals surface area contributed by atoms with E-state index in [1.54, 1.807) is 18.7 Å². The summed E-state index contributed by atoms with van der Waals surface area (Å²) in [7, 11) is 0. The van der Waals surface area contributed by atoms with Crippen LogP contribution in [0.3, 0.4) is 0 Å². The maximum absolute atomic E-state index is 11.9. The van der Waals surface area contributed by atoms with Crippen molar-refractivity contribution in [3.8, 4) is 11.4 Å². The molecule has 0 unspecified atom stereocenters. The van der Waals surface area contributed by atoms with Gasteiger partial charge in [-0.2, -0.15) is 16.7 Å². The highest BCUT2D eigenvalue weighted by atomic mass is 32.2. The highest BCUT2D eigenvalue weighted by Gasteiger charge is 2.22. The van der Waals surface area contributed by atoms with E-state index >= 15 is 0 Å². The van der Waals surface area contributed by atoms with E-state index in [0.717, 1.165) is 11.3 Å². The number of hydrogen-bond acceptors (Lipinski definition) is 6. The van der Waals surface area contributed by atoms with Gasteiger partial charge in [0.05, 0.1) is 6.61 Å². The van der Waals surface area contributed by atoms with Gasteiger partial charge in [0.2, 0.25) is 5.82 Å². The van der Waals surface area contributed by atoms with Gasteiger partial charge in [-0.1, -0.05) is 65.8 Å². The zero-order valence-electron chi connectivity index (χ0n) is 15.0. The molecule has 0 radical (unpaired) electrons. The van der Waals surface area contributed by atoms with E-state index in [9.17, 15) is 4.79 Å².